The lowest BCUT2D eigenvalue weighted by Gasteiger charge is -2.31. The minimum atomic E-state index is -5.00. The molecule has 0 saturated carbocycles. The van der Waals surface area contributed by atoms with E-state index >= 15 is 0 Å². The molecular formula is C16H22F3N3O3. The Labute approximate surface area is 143 Å². The smallest absolute Gasteiger partial charge is 0.375 e. The summed E-state index contributed by atoms with van der Waals surface area (Å²) in [4.78, 5) is 23.3. The third kappa shape index (κ3) is 5.43. The maximum Gasteiger partial charge on any atom is 0.423 e. The van der Waals surface area contributed by atoms with Crippen LogP contribution in [0.25, 0.3) is 0 Å². The van der Waals surface area contributed by atoms with Crippen molar-refractivity contribution in [1.82, 2.24) is 10.6 Å². The monoisotopic (exact) mass is 361 g/mol. The fraction of sp³-hybridized carbons (Fsp3) is 0.500. The van der Waals surface area contributed by atoms with E-state index in [-0.39, 0.29) is 5.92 Å². The van der Waals surface area contributed by atoms with Crippen molar-refractivity contribution >= 4 is 11.8 Å². The molecule has 2 amide bonds. The quantitative estimate of drug-likeness (QED) is 0.572. The lowest BCUT2D eigenvalue weighted by Crippen LogP contribution is -2.53. The number of nitrogens with one attached hydrogen (secondary N) is 2. The molecule has 0 radical (unpaired) electrons. The molecule has 1 aromatic rings. The van der Waals surface area contributed by atoms with Gasteiger partial charge in [0.25, 0.3) is 0 Å². The molecule has 6 nitrogen and oxygen atoms in total. The van der Waals surface area contributed by atoms with Crippen molar-refractivity contribution in [2.75, 3.05) is 13.1 Å². The highest BCUT2D eigenvalue weighted by atomic mass is 19.4. The first-order valence-corrected chi connectivity index (χ1v) is 7.63. The molecule has 2 atom stereocenters. The summed E-state index contributed by atoms with van der Waals surface area (Å²) in [7, 11) is 0. The van der Waals surface area contributed by atoms with Crippen LogP contribution < -0.4 is 16.4 Å². The topological polar surface area (TPSA) is 104 Å². The molecule has 1 rings (SSSR count). The Kier molecular flexibility index (Phi) is 6.95. The van der Waals surface area contributed by atoms with Crippen molar-refractivity contribution in [3.05, 3.63) is 35.9 Å². The van der Waals surface area contributed by atoms with Gasteiger partial charge in [0.1, 0.15) is 0 Å². The van der Waals surface area contributed by atoms with Crippen molar-refractivity contribution in [1.29, 1.82) is 0 Å². The minimum absolute atomic E-state index is 0.156. The predicted molar refractivity (Wildman–Crippen MR) is 85.2 cm³/mol. The van der Waals surface area contributed by atoms with E-state index in [1.807, 2.05) is 5.32 Å². The molecule has 0 bridgehead atoms. The van der Waals surface area contributed by atoms with Gasteiger partial charge in [-0.25, -0.2) is 0 Å². The van der Waals surface area contributed by atoms with Gasteiger partial charge in [0.15, 0.2) is 0 Å². The van der Waals surface area contributed by atoms with E-state index in [1.54, 1.807) is 13.8 Å². The lowest BCUT2D eigenvalue weighted by atomic mass is 9.93. The van der Waals surface area contributed by atoms with E-state index < -0.39 is 48.3 Å². The van der Waals surface area contributed by atoms with Crippen LogP contribution in [-0.2, 0) is 15.2 Å². The second kappa shape index (κ2) is 8.30. The van der Waals surface area contributed by atoms with Crippen LogP contribution in [0.4, 0.5) is 13.2 Å². The number of benzene rings is 1. The van der Waals surface area contributed by atoms with Crippen LogP contribution in [0.15, 0.2) is 30.3 Å². The molecule has 1 aromatic carbocycles. The highest BCUT2D eigenvalue weighted by Gasteiger charge is 2.55. The number of amides is 2. The number of hydrogen-bond acceptors (Lipinski definition) is 4. The Bertz CT molecular complexity index is 593. The number of aliphatic hydroxyl groups is 1. The number of rotatable bonds is 7. The van der Waals surface area contributed by atoms with Gasteiger partial charge in [-0.05, 0) is 11.5 Å². The number of carbonyl (C=O) groups is 2. The van der Waals surface area contributed by atoms with Gasteiger partial charge in [0.2, 0.25) is 17.4 Å². The zero-order chi connectivity index (χ0) is 19.3. The van der Waals surface area contributed by atoms with Gasteiger partial charge >= 0.3 is 6.18 Å². The zero-order valence-electron chi connectivity index (χ0n) is 13.9. The predicted octanol–water partition coefficient (Wildman–Crippen LogP) is 0.652. The van der Waals surface area contributed by atoms with Crippen LogP contribution in [0.5, 0.6) is 0 Å². The Morgan fingerprint density at radius 1 is 1.16 bits per heavy atom. The Hall–Kier alpha value is -2.13. The molecule has 1 unspecified atom stereocenters. The van der Waals surface area contributed by atoms with Gasteiger partial charge in [0.05, 0.1) is 19.1 Å². The van der Waals surface area contributed by atoms with E-state index in [1.165, 1.54) is 18.2 Å². The average molecular weight is 361 g/mol. The van der Waals surface area contributed by atoms with Gasteiger partial charge < -0.3 is 21.5 Å². The summed E-state index contributed by atoms with van der Waals surface area (Å²) in [6.45, 7) is 1.81. The maximum absolute atomic E-state index is 13.3. The van der Waals surface area contributed by atoms with E-state index in [4.69, 9.17) is 5.73 Å². The molecule has 0 heterocycles. The first-order chi connectivity index (χ1) is 11.5. The number of alkyl halides is 3. The van der Waals surface area contributed by atoms with E-state index in [9.17, 15) is 27.9 Å². The second-order valence-corrected chi connectivity index (χ2v) is 5.99. The number of hydrogen-bond donors (Lipinski definition) is 4. The normalized spacial score (nSPS) is 15.4. The summed E-state index contributed by atoms with van der Waals surface area (Å²) in [6.07, 6.45) is -5.00. The SMILES string of the molecule is CC(C)[C@H](N)C(=O)NCC(=O)NCC(O)(c1ccccc1)C(F)(F)F. The Morgan fingerprint density at radius 2 is 1.72 bits per heavy atom. The number of carbonyl (C=O) groups excluding carboxylic acids is 2. The highest BCUT2D eigenvalue weighted by Crippen LogP contribution is 2.38. The molecule has 9 heteroatoms. The molecule has 25 heavy (non-hydrogen) atoms. The first kappa shape index (κ1) is 20.9. The highest BCUT2D eigenvalue weighted by molar-refractivity contribution is 5.87. The molecule has 0 aliphatic heterocycles. The molecule has 0 saturated heterocycles. The van der Waals surface area contributed by atoms with Gasteiger partial charge in [0, 0.05) is 0 Å². The van der Waals surface area contributed by atoms with Gasteiger partial charge in [-0.1, -0.05) is 44.2 Å². The van der Waals surface area contributed by atoms with Crippen LogP contribution in [-0.4, -0.2) is 42.2 Å². The van der Waals surface area contributed by atoms with Crippen molar-refractivity contribution in [3.63, 3.8) is 0 Å². The molecule has 140 valence electrons. The van der Waals surface area contributed by atoms with Crippen LogP contribution in [0.2, 0.25) is 0 Å². The second-order valence-electron chi connectivity index (χ2n) is 5.99. The third-order valence-corrected chi connectivity index (χ3v) is 3.71. The van der Waals surface area contributed by atoms with Crippen LogP contribution in [0.1, 0.15) is 19.4 Å². The summed E-state index contributed by atoms with van der Waals surface area (Å²) in [5, 5.41) is 14.3. The lowest BCUT2D eigenvalue weighted by molar-refractivity contribution is -0.264. The van der Waals surface area contributed by atoms with Crippen LogP contribution in [0.3, 0.4) is 0 Å². The summed E-state index contributed by atoms with van der Waals surface area (Å²) in [5.41, 5.74) is 1.96. The molecule has 0 aliphatic rings. The fourth-order valence-electron chi connectivity index (χ4n) is 1.96. The largest absolute Gasteiger partial charge is 0.423 e. The molecular weight excluding hydrogens is 339 g/mol. The van der Waals surface area contributed by atoms with Crippen molar-refractivity contribution in [2.45, 2.75) is 31.7 Å². The number of nitrogens with two attached hydrogens (primary N) is 1. The van der Waals surface area contributed by atoms with Crippen molar-refractivity contribution in [2.24, 2.45) is 11.7 Å². The molecule has 0 fully saturated rings. The van der Waals surface area contributed by atoms with Gasteiger partial charge in [-0.15, -0.1) is 0 Å². The van der Waals surface area contributed by atoms with E-state index in [0.29, 0.717) is 0 Å². The zero-order valence-corrected chi connectivity index (χ0v) is 13.9. The Morgan fingerprint density at radius 3 is 2.20 bits per heavy atom. The van der Waals surface area contributed by atoms with Crippen LogP contribution in [0, 0.1) is 5.92 Å². The Balaban J connectivity index is 2.69. The molecule has 5 N–H and O–H groups in total. The molecule has 0 aliphatic carbocycles. The first-order valence-electron chi connectivity index (χ1n) is 7.63. The maximum atomic E-state index is 13.3. The summed E-state index contributed by atoms with van der Waals surface area (Å²) in [5.74, 6) is -1.61. The number of halogens is 3. The molecule has 0 spiro atoms. The van der Waals surface area contributed by atoms with Gasteiger partial charge in [-0.3, -0.25) is 9.59 Å². The summed E-state index contributed by atoms with van der Waals surface area (Å²) < 4.78 is 39.8. The van der Waals surface area contributed by atoms with Gasteiger partial charge in [-0.2, -0.15) is 13.2 Å². The van der Waals surface area contributed by atoms with E-state index in [0.717, 1.165) is 12.1 Å². The summed E-state index contributed by atoms with van der Waals surface area (Å²) >= 11 is 0. The minimum Gasteiger partial charge on any atom is -0.375 e. The van der Waals surface area contributed by atoms with E-state index in [2.05, 4.69) is 5.32 Å². The fourth-order valence-corrected chi connectivity index (χ4v) is 1.96. The molecule has 0 aromatic heterocycles. The summed E-state index contributed by atoms with van der Waals surface area (Å²) in [6, 6.07) is 5.60. The van der Waals surface area contributed by atoms with Crippen LogP contribution >= 0.6 is 0 Å². The van der Waals surface area contributed by atoms with Crippen molar-refractivity contribution < 1.29 is 27.9 Å². The average Bonchev–Trinajstić information content (AvgIpc) is 2.56. The van der Waals surface area contributed by atoms with Crippen molar-refractivity contribution in [3.8, 4) is 0 Å². The standard InChI is InChI=1S/C16H22F3N3O3/c1-10(2)13(20)14(24)21-8-12(23)22-9-15(25,16(17,18)19)11-6-4-3-5-7-11/h3-7,10,13,25H,8-9,20H2,1-2H3,(H,21,24)(H,22,23)/t13-,15?/m0/s1. The third-order valence-electron chi connectivity index (χ3n) is 3.71.